The van der Waals surface area contributed by atoms with Crippen LogP contribution in [0, 0.1) is 0 Å². The summed E-state index contributed by atoms with van der Waals surface area (Å²) >= 11 is 1.20. The summed E-state index contributed by atoms with van der Waals surface area (Å²) in [6.07, 6.45) is 2.12. The number of carbonyl (C=O) groups excluding carboxylic acids is 1. The number of thiazole rings is 1. The number of aromatic nitrogens is 1. The van der Waals surface area contributed by atoms with E-state index in [1.165, 1.54) is 11.3 Å². The molecule has 1 amide bonds. The second kappa shape index (κ2) is 4.89. The fraction of sp³-hybridized carbons (Fsp3) is 0.333. The van der Waals surface area contributed by atoms with Crippen LogP contribution in [0.15, 0.2) is 39.2 Å². The van der Waals surface area contributed by atoms with E-state index in [2.05, 4.69) is 4.98 Å². The zero-order valence-corrected chi connectivity index (χ0v) is 13.4. The highest BCUT2D eigenvalue weighted by atomic mass is 32.2. The van der Waals surface area contributed by atoms with E-state index in [1.807, 2.05) is 24.3 Å². The molecule has 4 rings (SSSR count). The largest absolute Gasteiger partial charge is 0.315 e. The Labute approximate surface area is 132 Å². The Kier molecular flexibility index (Phi) is 3.09. The molecule has 3 heterocycles. The van der Waals surface area contributed by atoms with Crippen molar-refractivity contribution in [3.63, 3.8) is 0 Å². The van der Waals surface area contributed by atoms with Gasteiger partial charge in [0, 0.05) is 18.7 Å². The lowest BCUT2D eigenvalue weighted by molar-refractivity contribution is -0.126. The summed E-state index contributed by atoms with van der Waals surface area (Å²) in [6.45, 7) is 0.632. The van der Waals surface area contributed by atoms with Crippen LogP contribution in [0.2, 0.25) is 0 Å². The third-order valence-corrected chi connectivity index (χ3v) is 7.52. The lowest BCUT2D eigenvalue weighted by atomic mass is 10.1. The number of amides is 1. The van der Waals surface area contributed by atoms with Crippen LogP contribution in [-0.2, 0) is 14.6 Å². The molecule has 1 saturated heterocycles. The minimum atomic E-state index is -3.61. The van der Waals surface area contributed by atoms with Crippen LogP contribution in [0.5, 0.6) is 0 Å². The number of rotatable bonds is 2. The molecule has 5 nitrogen and oxygen atoms in total. The van der Waals surface area contributed by atoms with Gasteiger partial charge in [-0.1, -0.05) is 12.1 Å². The molecular weight excluding hydrogens is 320 g/mol. The van der Waals surface area contributed by atoms with Gasteiger partial charge in [-0.25, -0.2) is 13.4 Å². The van der Waals surface area contributed by atoms with Crippen LogP contribution >= 0.6 is 11.3 Å². The van der Waals surface area contributed by atoms with Crippen molar-refractivity contribution < 1.29 is 13.2 Å². The minimum Gasteiger partial charge on any atom is -0.315 e. The Morgan fingerprint density at radius 3 is 2.77 bits per heavy atom. The summed E-state index contributed by atoms with van der Waals surface area (Å²) in [5.41, 5.74) is 1.39. The summed E-state index contributed by atoms with van der Waals surface area (Å²) in [5.74, 6) is 0.0340. The smallest absolute Gasteiger partial charge is 0.231 e. The lowest BCUT2D eigenvalue weighted by Gasteiger charge is -2.26. The van der Waals surface area contributed by atoms with Crippen molar-refractivity contribution in [3.05, 3.63) is 34.9 Å². The summed E-state index contributed by atoms with van der Waals surface area (Å²) in [7, 11) is -3.61. The molecule has 114 valence electrons. The Morgan fingerprint density at radius 2 is 1.95 bits per heavy atom. The molecule has 1 aromatic heterocycles. The van der Waals surface area contributed by atoms with Gasteiger partial charge >= 0.3 is 0 Å². The van der Waals surface area contributed by atoms with E-state index in [0.717, 1.165) is 4.70 Å². The van der Waals surface area contributed by atoms with Crippen molar-refractivity contribution in [1.82, 2.24) is 9.88 Å². The average Bonchev–Trinajstić information content (AvgIpc) is 3.11. The maximum absolute atomic E-state index is 13.0. The first-order chi connectivity index (χ1) is 10.6. The highest BCUT2D eigenvalue weighted by Crippen LogP contribution is 2.38. The standard InChI is InChI=1S/C15H14N2O3S2/c18-14-8-7-11-13(6-3-9-17(11)14)22(19,20)15-16-10-4-1-2-5-12(10)21-15/h1-2,4-5H,3,6-9H2. The number of nitrogens with zero attached hydrogens (tertiary/aromatic N) is 2. The van der Waals surface area contributed by atoms with Crippen molar-refractivity contribution >= 4 is 37.3 Å². The zero-order valence-electron chi connectivity index (χ0n) is 11.8. The van der Waals surface area contributed by atoms with Crippen molar-refractivity contribution in [1.29, 1.82) is 0 Å². The first kappa shape index (κ1) is 13.9. The van der Waals surface area contributed by atoms with E-state index < -0.39 is 9.84 Å². The molecule has 0 bridgehead atoms. The molecule has 2 aromatic rings. The molecule has 2 aliphatic heterocycles. The number of carbonyl (C=O) groups is 1. The van der Waals surface area contributed by atoms with E-state index in [4.69, 9.17) is 0 Å². The van der Waals surface area contributed by atoms with Crippen molar-refractivity contribution in [2.24, 2.45) is 0 Å². The fourth-order valence-corrected chi connectivity index (χ4v) is 6.17. The third-order valence-electron chi connectivity index (χ3n) is 4.14. The van der Waals surface area contributed by atoms with Gasteiger partial charge in [-0.15, -0.1) is 11.3 Å². The summed E-state index contributed by atoms with van der Waals surface area (Å²) < 4.78 is 26.9. The number of fused-ring (bicyclic) bond motifs is 2. The Morgan fingerprint density at radius 1 is 1.14 bits per heavy atom. The van der Waals surface area contributed by atoms with Gasteiger partial charge in [-0.05, 0) is 31.4 Å². The van der Waals surface area contributed by atoms with Crippen molar-refractivity contribution in [3.8, 4) is 0 Å². The van der Waals surface area contributed by atoms with Crippen LogP contribution in [-0.4, -0.2) is 30.8 Å². The number of hydrogen-bond acceptors (Lipinski definition) is 5. The van der Waals surface area contributed by atoms with E-state index in [-0.39, 0.29) is 10.2 Å². The van der Waals surface area contributed by atoms with E-state index >= 15 is 0 Å². The van der Waals surface area contributed by atoms with Crippen LogP contribution in [0.1, 0.15) is 25.7 Å². The molecule has 0 spiro atoms. The predicted octanol–water partition coefficient (Wildman–Crippen LogP) is 2.70. The average molecular weight is 334 g/mol. The first-order valence-corrected chi connectivity index (χ1v) is 9.50. The monoisotopic (exact) mass is 334 g/mol. The van der Waals surface area contributed by atoms with Crippen LogP contribution in [0.3, 0.4) is 0 Å². The predicted molar refractivity (Wildman–Crippen MR) is 84.0 cm³/mol. The third kappa shape index (κ3) is 1.99. The number of para-hydroxylation sites is 1. The molecule has 7 heteroatoms. The highest BCUT2D eigenvalue weighted by molar-refractivity contribution is 7.97. The maximum Gasteiger partial charge on any atom is 0.231 e. The van der Waals surface area contributed by atoms with Gasteiger partial charge < -0.3 is 4.90 Å². The molecule has 2 aliphatic rings. The molecule has 0 radical (unpaired) electrons. The summed E-state index contributed by atoms with van der Waals surface area (Å²) in [4.78, 5) is 18.2. The first-order valence-electron chi connectivity index (χ1n) is 7.20. The van der Waals surface area contributed by atoms with E-state index in [1.54, 1.807) is 4.90 Å². The molecule has 0 aliphatic carbocycles. The fourth-order valence-electron chi connectivity index (χ4n) is 3.10. The van der Waals surface area contributed by atoms with Gasteiger partial charge in [-0.3, -0.25) is 4.79 Å². The van der Waals surface area contributed by atoms with Gasteiger partial charge in [-0.2, -0.15) is 0 Å². The Balaban J connectivity index is 1.86. The summed E-state index contributed by atoms with van der Waals surface area (Å²) in [6, 6.07) is 7.40. The highest BCUT2D eigenvalue weighted by Gasteiger charge is 2.37. The second-order valence-electron chi connectivity index (χ2n) is 5.47. The molecule has 0 saturated carbocycles. The Bertz CT molecular complexity index is 879. The van der Waals surface area contributed by atoms with Gasteiger partial charge in [0.15, 0.2) is 0 Å². The van der Waals surface area contributed by atoms with E-state index in [9.17, 15) is 13.2 Å². The Hall–Kier alpha value is -1.73. The number of benzene rings is 1. The molecular formula is C15H14N2O3S2. The summed E-state index contributed by atoms with van der Waals surface area (Å²) in [5, 5.41) is 0. The molecule has 0 unspecified atom stereocenters. The van der Waals surface area contributed by atoms with Crippen LogP contribution < -0.4 is 0 Å². The van der Waals surface area contributed by atoms with Gasteiger partial charge in [0.1, 0.15) is 0 Å². The topological polar surface area (TPSA) is 67.3 Å². The van der Waals surface area contributed by atoms with Crippen LogP contribution in [0.4, 0.5) is 0 Å². The number of hydrogen-bond donors (Lipinski definition) is 0. The maximum atomic E-state index is 13.0. The van der Waals surface area contributed by atoms with Crippen molar-refractivity contribution in [2.75, 3.05) is 6.54 Å². The molecule has 1 fully saturated rings. The van der Waals surface area contributed by atoms with Gasteiger partial charge in [0.25, 0.3) is 0 Å². The molecule has 0 atom stereocenters. The minimum absolute atomic E-state index is 0.0340. The second-order valence-corrected chi connectivity index (χ2v) is 8.65. The van der Waals surface area contributed by atoms with Gasteiger partial charge in [0.2, 0.25) is 20.1 Å². The number of allylic oxidation sites excluding steroid dienone is 2. The zero-order chi connectivity index (χ0) is 15.3. The van der Waals surface area contributed by atoms with E-state index in [0.29, 0.717) is 48.3 Å². The molecule has 22 heavy (non-hydrogen) atoms. The van der Waals surface area contributed by atoms with Crippen LogP contribution in [0.25, 0.3) is 10.2 Å². The normalized spacial score (nSPS) is 19.1. The lowest BCUT2D eigenvalue weighted by Crippen LogP contribution is -2.30. The quantitative estimate of drug-likeness (QED) is 0.847. The van der Waals surface area contributed by atoms with Crippen molar-refractivity contribution in [2.45, 2.75) is 30.0 Å². The molecule has 0 N–H and O–H groups in total. The van der Waals surface area contributed by atoms with Gasteiger partial charge in [0.05, 0.1) is 15.1 Å². The SMILES string of the molecule is O=C1CCC2=C(S(=O)(=O)c3nc4ccccc4s3)CCCN12. The number of sulfone groups is 1. The molecule has 1 aromatic carbocycles.